The van der Waals surface area contributed by atoms with Crippen LogP contribution < -0.4 is 0 Å². The minimum absolute atomic E-state index is 0.242. The molecule has 0 radical (unpaired) electrons. The Bertz CT molecular complexity index is 494. The average Bonchev–Trinajstić information content (AvgIpc) is 2.45. The molecule has 0 aromatic heterocycles. The molecule has 0 aliphatic heterocycles. The van der Waals surface area contributed by atoms with E-state index < -0.39 is 7.82 Å². The molecule has 0 bridgehead atoms. The molecule has 0 unspecified atom stereocenters. The van der Waals surface area contributed by atoms with Gasteiger partial charge in [-0.25, -0.2) is 4.57 Å². The van der Waals surface area contributed by atoms with Gasteiger partial charge >= 0.3 is 7.82 Å². The van der Waals surface area contributed by atoms with Crippen LogP contribution in [-0.4, -0.2) is 19.0 Å². The molecule has 4 nitrogen and oxygen atoms in total. The maximum absolute atomic E-state index is 12.5. The summed E-state index contributed by atoms with van der Waals surface area (Å²) in [5.41, 5.74) is 0.764. The standard InChI is InChI=1S/C14H20ClO4PS/c1-4-17-20(16,18-5-2)19-14(11-21-6-3)12-7-9-13(15)10-8-12/h7-11H,4-6H2,1-3H3. The van der Waals surface area contributed by atoms with Gasteiger partial charge in [0.2, 0.25) is 0 Å². The van der Waals surface area contributed by atoms with E-state index in [9.17, 15) is 4.57 Å². The number of hydrogen-bond acceptors (Lipinski definition) is 5. The first-order chi connectivity index (χ1) is 10.0. The molecule has 7 heteroatoms. The Morgan fingerprint density at radius 1 is 1.19 bits per heavy atom. The molecule has 1 aromatic carbocycles. The molecule has 118 valence electrons. The zero-order chi connectivity index (χ0) is 15.7. The number of benzene rings is 1. The molecule has 21 heavy (non-hydrogen) atoms. The first kappa shape index (κ1) is 18.6. The minimum atomic E-state index is -3.61. The van der Waals surface area contributed by atoms with E-state index >= 15 is 0 Å². The molecule has 0 aliphatic rings. The normalized spacial score (nSPS) is 12.5. The smallest absolute Gasteiger partial charge is 0.403 e. The number of thioether (sulfide) groups is 1. The van der Waals surface area contributed by atoms with Crippen LogP contribution in [0.15, 0.2) is 29.7 Å². The van der Waals surface area contributed by atoms with E-state index in [1.165, 1.54) is 11.8 Å². The van der Waals surface area contributed by atoms with Crippen LogP contribution in [0.2, 0.25) is 5.02 Å². The van der Waals surface area contributed by atoms with Gasteiger partial charge in [0.25, 0.3) is 0 Å². The second kappa shape index (κ2) is 9.54. The second-order valence-corrected chi connectivity index (χ2v) is 6.99. The van der Waals surface area contributed by atoms with Crippen molar-refractivity contribution in [1.82, 2.24) is 0 Å². The van der Waals surface area contributed by atoms with Crippen molar-refractivity contribution in [2.75, 3.05) is 19.0 Å². The van der Waals surface area contributed by atoms with Gasteiger partial charge in [-0.05, 0) is 43.9 Å². The summed E-state index contributed by atoms with van der Waals surface area (Å²) in [5, 5.41) is 2.42. The maximum Gasteiger partial charge on any atom is 0.530 e. The first-order valence-corrected chi connectivity index (χ1v) is 9.59. The van der Waals surface area contributed by atoms with Crippen molar-refractivity contribution >= 4 is 36.9 Å². The lowest BCUT2D eigenvalue weighted by molar-refractivity contribution is 0.159. The highest BCUT2D eigenvalue weighted by atomic mass is 35.5. The van der Waals surface area contributed by atoms with Crippen molar-refractivity contribution in [3.63, 3.8) is 0 Å². The van der Waals surface area contributed by atoms with Crippen LogP contribution in [0.3, 0.4) is 0 Å². The Labute approximate surface area is 135 Å². The van der Waals surface area contributed by atoms with Gasteiger partial charge < -0.3 is 4.52 Å². The molecule has 0 spiro atoms. The van der Waals surface area contributed by atoms with Gasteiger partial charge in [-0.2, -0.15) is 0 Å². The Kier molecular flexibility index (Phi) is 8.45. The van der Waals surface area contributed by atoms with Gasteiger partial charge in [0.05, 0.1) is 13.2 Å². The van der Waals surface area contributed by atoms with E-state index in [4.69, 9.17) is 25.2 Å². The second-order valence-electron chi connectivity index (χ2n) is 3.82. The summed E-state index contributed by atoms with van der Waals surface area (Å²) in [5.74, 6) is 1.32. The fraction of sp³-hybridized carbons (Fsp3) is 0.429. The van der Waals surface area contributed by atoms with Gasteiger partial charge in [-0.1, -0.05) is 18.5 Å². The molecule has 0 heterocycles. The summed E-state index contributed by atoms with van der Waals surface area (Å²) < 4.78 is 28.4. The predicted octanol–water partition coefficient (Wildman–Crippen LogP) is 5.59. The van der Waals surface area contributed by atoms with Gasteiger partial charge in [0, 0.05) is 16.0 Å². The van der Waals surface area contributed by atoms with E-state index in [-0.39, 0.29) is 13.2 Å². The Hall–Kier alpha value is -0.450. The Morgan fingerprint density at radius 3 is 2.24 bits per heavy atom. The molecular formula is C14H20ClO4PS. The minimum Gasteiger partial charge on any atom is -0.403 e. The van der Waals surface area contributed by atoms with E-state index in [0.717, 1.165) is 11.3 Å². The van der Waals surface area contributed by atoms with Crippen LogP contribution in [-0.2, 0) is 18.1 Å². The molecule has 0 saturated carbocycles. The maximum atomic E-state index is 12.5. The topological polar surface area (TPSA) is 44.8 Å². The fourth-order valence-corrected chi connectivity index (χ4v) is 3.35. The molecule has 1 aromatic rings. The van der Waals surface area contributed by atoms with Crippen LogP contribution in [0.25, 0.3) is 5.76 Å². The molecule has 0 amide bonds. The van der Waals surface area contributed by atoms with Gasteiger partial charge in [0.15, 0.2) is 0 Å². The van der Waals surface area contributed by atoms with Crippen molar-refractivity contribution in [2.45, 2.75) is 20.8 Å². The van der Waals surface area contributed by atoms with Crippen LogP contribution >= 0.6 is 31.2 Å². The third-order valence-electron chi connectivity index (χ3n) is 2.27. The van der Waals surface area contributed by atoms with Gasteiger partial charge in [0.1, 0.15) is 5.76 Å². The highest BCUT2D eigenvalue weighted by Crippen LogP contribution is 2.53. The molecular weight excluding hydrogens is 331 g/mol. The van der Waals surface area contributed by atoms with E-state index in [1.54, 1.807) is 43.5 Å². The average molecular weight is 351 g/mol. The Balaban J connectivity index is 3.02. The largest absolute Gasteiger partial charge is 0.530 e. The summed E-state index contributed by atoms with van der Waals surface area (Å²) in [4.78, 5) is 0. The van der Waals surface area contributed by atoms with Crippen LogP contribution in [0, 0.1) is 0 Å². The lowest BCUT2D eigenvalue weighted by Gasteiger charge is -2.19. The van der Waals surface area contributed by atoms with E-state index in [2.05, 4.69) is 0 Å². The lowest BCUT2D eigenvalue weighted by Crippen LogP contribution is -2.00. The number of phosphoric ester groups is 1. The summed E-state index contributed by atoms with van der Waals surface area (Å²) in [6, 6.07) is 7.09. The molecule has 0 N–H and O–H groups in total. The predicted molar refractivity (Wildman–Crippen MR) is 89.5 cm³/mol. The number of rotatable bonds is 9. The van der Waals surface area contributed by atoms with Crippen LogP contribution in [0.4, 0.5) is 0 Å². The molecule has 0 saturated heterocycles. The number of hydrogen-bond donors (Lipinski definition) is 0. The summed E-state index contributed by atoms with van der Waals surface area (Å²) in [6.07, 6.45) is 0. The lowest BCUT2D eigenvalue weighted by atomic mass is 10.2. The highest BCUT2D eigenvalue weighted by molar-refractivity contribution is 8.02. The highest BCUT2D eigenvalue weighted by Gasteiger charge is 2.28. The molecule has 0 aliphatic carbocycles. The molecule has 1 rings (SSSR count). The SMILES string of the molecule is CCOP(=O)(OCC)OC(=CSCC)c1ccc(Cl)cc1. The van der Waals surface area contributed by atoms with Crippen molar-refractivity contribution in [3.8, 4) is 0 Å². The van der Waals surface area contributed by atoms with Gasteiger partial charge in [-0.15, -0.1) is 11.8 Å². The fourth-order valence-electron chi connectivity index (χ4n) is 1.44. The molecule has 0 fully saturated rings. The summed E-state index contributed by atoms with van der Waals surface area (Å²) >= 11 is 7.42. The van der Waals surface area contributed by atoms with Crippen molar-refractivity contribution < 1.29 is 18.1 Å². The zero-order valence-corrected chi connectivity index (χ0v) is 14.8. The zero-order valence-electron chi connectivity index (χ0n) is 12.4. The first-order valence-electron chi connectivity index (χ1n) is 6.71. The number of halogens is 1. The summed E-state index contributed by atoms with van der Waals surface area (Å²) in [6.45, 7) is 5.98. The van der Waals surface area contributed by atoms with E-state index in [0.29, 0.717) is 10.8 Å². The van der Waals surface area contributed by atoms with Crippen molar-refractivity contribution in [2.24, 2.45) is 0 Å². The molecule has 0 atom stereocenters. The van der Waals surface area contributed by atoms with Crippen LogP contribution in [0.5, 0.6) is 0 Å². The van der Waals surface area contributed by atoms with Crippen molar-refractivity contribution in [1.29, 1.82) is 0 Å². The Morgan fingerprint density at radius 2 is 1.76 bits per heavy atom. The summed E-state index contributed by atoms with van der Waals surface area (Å²) in [7, 11) is -3.61. The van der Waals surface area contributed by atoms with Crippen molar-refractivity contribution in [3.05, 3.63) is 40.3 Å². The monoisotopic (exact) mass is 350 g/mol. The van der Waals surface area contributed by atoms with E-state index in [1.807, 2.05) is 6.92 Å². The van der Waals surface area contributed by atoms with Gasteiger partial charge in [-0.3, -0.25) is 9.05 Å². The quantitative estimate of drug-likeness (QED) is 0.429. The number of phosphoric acid groups is 1. The third kappa shape index (κ3) is 6.45. The van der Waals surface area contributed by atoms with Crippen LogP contribution in [0.1, 0.15) is 26.3 Å². The third-order valence-corrected chi connectivity index (χ3v) is 4.81.